The van der Waals surface area contributed by atoms with Gasteiger partial charge in [0, 0.05) is 13.1 Å². The fourth-order valence-corrected chi connectivity index (χ4v) is 4.24. The van der Waals surface area contributed by atoms with Gasteiger partial charge in [-0.3, -0.25) is 10.6 Å². The van der Waals surface area contributed by atoms with Crippen molar-refractivity contribution in [1.29, 1.82) is 0 Å². The Morgan fingerprint density at radius 1 is 0.868 bits per heavy atom. The van der Waals surface area contributed by atoms with Gasteiger partial charge in [-0.15, -0.1) is 0 Å². The molecule has 2 unspecified atom stereocenters. The lowest BCUT2D eigenvalue weighted by molar-refractivity contribution is -0.125. The number of nitrogens with zero attached hydrogens (tertiary/aromatic N) is 1. The van der Waals surface area contributed by atoms with Gasteiger partial charge in [0.1, 0.15) is 6.04 Å². The van der Waals surface area contributed by atoms with E-state index in [0.717, 1.165) is 22.3 Å². The van der Waals surface area contributed by atoms with Crippen molar-refractivity contribution in [1.82, 2.24) is 15.6 Å². The number of aliphatic hydroxyl groups is 1. The third kappa shape index (κ3) is 8.69. The number of carbonyl (C=O) groups is 2. The Hall–Kier alpha value is -3.72. The highest BCUT2D eigenvalue weighted by molar-refractivity contribution is 5.86. The van der Waals surface area contributed by atoms with Crippen molar-refractivity contribution in [2.45, 2.75) is 45.0 Å². The number of hydrogen-bond acceptors (Lipinski definition) is 6. The summed E-state index contributed by atoms with van der Waals surface area (Å²) in [7, 11) is 1.25. The predicted octanol–water partition coefficient (Wildman–Crippen LogP) is 3.50. The second-order valence-corrected chi connectivity index (χ2v) is 9.72. The first-order chi connectivity index (χ1) is 18.3. The molecule has 5 N–H and O–H groups in total. The molecule has 0 saturated carbocycles. The van der Waals surface area contributed by atoms with E-state index in [0.29, 0.717) is 13.0 Å². The van der Waals surface area contributed by atoms with Crippen LogP contribution in [0.15, 0.2) is 84.9 Å². The summed E-state index contributed by atoms with van der Waals surface area (Å²) in [6.07, 6.45) is -1.25. The smallest absolute Gasteiger partial charge is 0.407 e. The summed E-state index contributed by atoms with van der Waals surface area (Å²) in [6.45, 7) is 4.21. The molecule has 3 rings (SSSR count). The zero-order valence-electron chi connectivity index (χ0n) is 22.2. The molecule has 0 bridgehead atoms. The van der Waals surface area contributed by atoms with Crippen molar-refractivity contribution in [3.63, 3.8) is 0 Å². The van der Waals surface area contributed by atoms with E-state index < -0.39 is 30.2 Å². The van der Waals surface area contributed by atoms with Crippen molar-refractivity contribution in [3.05, 3.63) is 96.1 Å². The van der Waals surface area contributed by atoms with E-state index >= 15 is 0 Å². The van der Waals surface area contributed by atoms with Crippen LogP contribution in [0.5, 0.6) is 0 Å². The first kappa shape index (κ1) is 28.8. The highest BCUT2D eigenvalue weighted by atomic mass is 16.5. The fourth-order valence-electron chi connectivity index (χ4n) is 4.24. The lowest BCUT2D eigenvalue weighted by Crippen LogP contribution is -2.56. The van der Waals surface area contributed by atoms with Crippen LogP contribution in [0.4, 0.5) is 4.79 Å². The molecular formula is C30H38N4O4. The van der Waals surface area contributed by atoms with E-state index in [1.807, 2.05) is 86.6 Å². The number of alkyl carbamates (subject to hydrolysis) is 1. The second-order valence-electron chi connectivity index (χ2n) is 9.72. The highest BCUT2D eigenvalue weighted by Crippen LogP contribution is 2.19. The summed E-state index contributed by atoms with van der Waals surface area (Å²) in [6, 6.07) is 26.4. The average Bonchev–Trinajstić information content (AvgIpc) is 2.92. The number of aliphatic hydroxyl groups excluding tert-OH is 1. The second kappa shape index (κ2) is 14.3. The van der Waals surface area contributed by atoms with E-state index in [4.69, 9.17) is 5.84 Å². The molecule has 0 fully saturated rings. The zero-order valence-corrected chi connectivity index (χ0v) is 22.2. The van der Waals surface area contributed by atoms with Crippen LogP contribution in [0, 0.1) is 5.92 Å². The quantitative estimate of drug-likeness (QED) is 0.215. The number of rotatable bonds is 12. The lowest BCUT2D eigenvalue weighted by Gasteiger charge is -2.30. The largest absolute Gasteiger partial charge is 0.453 e. The summed E-state index contributed by atoms with van der Waals surface area (Å²) < 4.78 is 4.67. The summed E-state index contributed by atoms with van der Waals surface area (Å²) in [4.78, 5) is 24.9. The maximum absolute atomic E-state index is 13.1. The standard InChI is InChI=1S/C30H38N4O4/c1-21(2)28(33-30(37)38-3)29(36)32-26(18-22-10-6-4-7-11-22)27(35)20-34(31)19-23-14-16-25(17-15-23)24-12-8-5-9-13-24/h4-17,21,26-28,35H,18-20,31H2,1-3H3,(H,32,36)(H,33,37)/t26?,27?,28-/m0/s1. The van der Waals surface area contributed by atoms with Crippen molar-refractivity contribution in [3.8, 4) is 11.1 Å². The Labute approximate surface area is 224 Å². The molecule has 3 aromatic carbocycles. The average molecular weight is 519 g/mol. The van der Waals surface area contributed by atoms with E-state index in [-0.39, 0.29) is 12.5 Å². The number of benzene rings is 3. The molecule has 0 aromatic heterocycles. The van der Waals surface area contributed by atoms with Crippen LogP contribution in [0.1, 0.15) is 25.0 Å². The molecular weight excluding hydrogens is 480 g/mol. The van der Waals surface area contributed by atoms with Crippen molar-refractivity contribution < 1.29 is 19.4 Å². The Kier molecular flexibility index (Phi) is 10.8. The topological polar surface area (TPSA) is 117 Å². The van der Waals surface area contributed by atoms with Gasteiger partial charge in [-0.1, -0.05) is 98.8 Å². The van der Waals surface area contributed by atoms with Gasteiger partial charge >= 0.3 is 6.09 Å². The number of methoxy groups -OCH3 is 1. The molecule has 2 amide bonds. The fraction of sp³-hybridized carbons (Fsp3) is 0.333. The molecule has 0 aliphatic rings. The molecule has 38 heavy (non-hydrogen) atoms. The van der Waals surface area contributed by atoms with Crippen LogP contribution < -0.4 is 16.5 Å². The summed E-state index contributed by atoms with van der Waals surface area (Å²) in [5.41, 5.74) is 4.22. The number of carbonyl (C=O) groups excluding carboxylic acids is 2. The number of ether oxygens (including phenoxy) is 1. The van der Waals surface area contributed by atoms with Crippen LogP contribution >= 0.6 is 0 Å². The summed E-state index contributed by atoms with van der Waals surface area (Å²) in [5, 5.41) is 18.2. The molecule has 8 nitrogen and oxygen atoms in total. The summed E-state index contributed by atoms with van der Waals surface area (Å²) in [5.74, 6) is 5.71. The molecule has 0 heterocycles. The number of nitrogens with one attached hydrogen (secondary N) is 2. The molecule has 3 atom stereocenters. The molecule has 0 aliphatic heterocycles. The Morgan fingerprint density at radius 2 is 1.45 bits per heavy atom. The summed E-state index contributed by atoms with van der Waals surface area (Å²) >= 11 is 0. The molecule has 3 aromatic rings. The Balaban J connectivity index is 1.67. The lowest BCUT2D eigenvalue weighted by atomic mass is 9.98. The predicted molar refractivity (Wildman–Crippen MR) is 149 cm³/mol. The molecule has 8 heteroatoms. The Bertz CT molecular complexity index is 1140. The van der Waals surface area contributed by atoms with Gasteiger partial charge in [-0.25, -0.2) is 9.80 Å². The molecule has 0 radical (unpaired) electrons. The van der Waals surface area contributed by atoms with Crippen molar-refractivity contribution in [2.75, 3.05) is 13.7 Å². The van der Waals surface area contributed by atoms with Gasteiger partial charge in [0.2, 0.25) is 5.91 Å². The first-order valence-electron chi connectivity index (χ1n) is 12.8. The molecule has 0 saturated heterocycles. The third-order valence-corrected chi connectivity index (χ3v) is 6.37. The van der Waals surface area contributed by atoms with Crippen LogP contribution in [0.2, 0.25) is 0 Å². The normalized spacial score (nSPS) is 13.6. The SMILES string of the molecule is COC(=O)N[C@H](C(=O)NC(Cc1ccccc1)C(O)CN(N)Cc1ccc(-c2ccccc2)cc1)C(C)C. The minimum Gasteiger partial charge on any atom is -0.453 e. The van der Waals surface area contributed by atoms with Gasteiger partial charge in [-0.05, 0) is 34.6 Å². The number of nitrogens with two attached hydrogens (primary N) is 1. The van der Waals surface area contributed by atoms with E-state index in [2.05, 4.69) is 27.5 Å². The molecule has 0 aliphatic carbocycles. The number of amides is 2. The van der Waals surface area contributed by atoms with Crippen LogP contribution in [0.25, 0.3) is 11.1 Å². The third-order valence-electron chi connectivity index (χ3n) is 6.37. The van der Waals surface area contributed by atoms with Crippen LogP contribution in [-0.4, -0.2) is 54.0 Å². The van der Waals surface area contributed by atoms with E-state index in [1.54, 1.807) is 5.01 Å². The van der Waals surface area contributed by atoms with Crippen molar-refractivity contribution in [2.24, 2.45) is 11.8 Å². The molecule has 202 valence electrons. The van der Waals surface area contributed by atoms with Gasteiger partial charge in [0.05, 0.1) is 19.3 Å². The van der Waals surface area contributed by atoms with Crippen LogP contribution in [0.3, 0.4) is 0 Å². The van der Waals surface area contributed by atoms with Crippen LogP contribution in [-0.2, 0) is 22.5 Å². The van der Waals surface area contributed by atoms with E-state index in [9.17, 15) is 14.7 Å². The van der Waals surface area contributed by atoms with Gasteiger partial charge in [0.15, 0.2) is 0 Å². The minimum absolute atomic E-state index is 0.134. The Morgan fingerprint density at radius 3 is 2.03 bits per heavy atom. The van der Waals surface area contributed by atoms with Gasteiger partial charge in [-0.2, -0.15) is 0 Å². The minimum atomic E-state index is -0.960. The van der Waals surface area contributed by atoms with Gasteiger partial charge < -0.3 is 20.5 Å². The maximum atomic E-state index is 13.1. The number of hydrazine groups is 1. The van der Waals surface area contributed by atoms with E-state index in [1.165, 1.54) is 7.11 Å². The number of hydrogen-bond donors (Lipinski definition) is 4. The monoisotopic (exact) mass is 518 g/mol. The van der Waals surface area contributed by atoms with Gasteiger partial charge in [0.25, 0.3) is 0 Å². The highest BCUT2D eigenvalue weighted by Gasteiger charge is 2.30. The van der Waals surface area contributed by atoms with Crippen molar-refractivity contribution >= 4 is 12.0 Å². The maximum Gasteiger partial charge on any atom is 0.407 e. The molecule has 0 spiro atoms. The zero-order chi connectivity index (χ0) is 27.5. The first-order valence-corrected chi connectivity index (χ1v) is 12.8.